The highest BCUT2D eigenvalue weighted by Gasteiger charge is 2.47. The monoisotopic (exact) mass is 294 g/mol. The lowest BCUT2D eigenvalue weighted by molar-refractivity contribution is -0.134. The molecule has 0 aliphatic heterocycles. The van der Waals surface area contributed by atoms with Crippen molar-refractivity contribution in [3.8, 4) is 0 Å². The number of likely N-dealkylation sites (N-methyl/N-ethyl adjacent to an activating group) is 1. The zero-order chi connectivity index (χ0) is 11.8. The number of amides is 1. The molecule has 1 aliphatic rings. The molecule has 3 nitrogen and oxygen atoms in total. The average molecular weight is 295 g/mol. The van der Waals surface area contributed by atoms with Crippen molar-refractivity contribution < 1.29 is 4.79 Å². The summed E-state index contributed by atoms with van der Waals surface area (Å²) in [5, 5.41) is 0. The molecule has 0 atom stereocenters. The van der Waals surface area contributed by atoms with Gasteiger partial charge in [0.1, 0.15) is 0 Å². The molecule has 96 valence electrons. The first-order valence-electron chi connectivity index (χ1n) is 5.37. The van der Waals surface area contributed by atoms with Gasteiger partial charge in [-0.15, -0.1) is 23.7 Å². The molecule has 1 fully saturated rings. The third kappa shape index (κ3) is 3.35. The third-order valence-electron chi connectivity index (χ3n) is 2.86. The standard InChI is InChI=1S/C11H15ClN2OS.ClH/c1-2-14(10(15)11(13)5-6-11)7-8-3-4-9(12)16-8;/h3-4H,2,5-7,13H2,1H3;1H. The molecule has 1 amide bonds. The number of thiophene rings is 1. The van der Waals surface area contributed by atoms with Gasteiger partial charge in [-0.1, -0.05) is 11.6 Å². The molecule has 0 radical (unpaired) electrons. The lowest BCUT2D eigenvalue weighted by Gasteiger charge is -2.23. The summed E-state index contributed by atoms with van der Waals surface area (Å²) in [6, 6.07) is 3.81. The molecule has 1 aromatic heterocycles. The van der Waals surface area contributed by atoms with Gasteiger partial charge >= 0.3 is 0 Å². The number of hydrogen-bond acceptors (Lipinski definition) is 3. The Balaban J connectivity index is 0.00000144. The Kier molecular flexibility index (Phi) is 4.84. The van der Waals surface area contributed by atoms with Crippen molar-refractivity contribution in [3.63, 3.8) is 0 Å². The van der Waals surface area contributed by atoms with Crippen LogP contribution in [0.3, 0.4) is 0 Å². The summed E-state index contributed by atoms with van der Waals surface area (Å²) in [5.74, 6) is 0.0690. The molecule has 0 spiro atoms. The lowest BCUT2D eigenvalue weighted by atomic mass is 10.2. The summed E-state index contributed by atoms with van der Waals surface area (Å²) in [4.78, 5) is 14.9. The second-order valence-corrected chi connectivity index (χ2v) is 5.98. The Bertz CT molecular complexity index is 404. The van der Waals surface area contributed by atoms with Crippen molar-refractivity contribution in [3.05, 3.63) is 21.3 Å². The van der Waals surface area contributed by atoms with Crippen LogP contribution in [0.1, 0.15) is 24.6 Å². The van der Waals surface area contributed by atoms with E-state index in [-0.39, 0.29) is 18.3 Å². The van der Waals surface area contributed by atoms with E-state index in [0.717, 1.165) is 22.1 Å². The van der Waals surface area contributed by atoms with Crippen LogP contribution in [0.4, 0.5) is 0 Å². The summed E-state index contributed by atoms with van der Waals surface area (Å²) < 4.78 is 0.757. The van der Waals surface area contributed by atoms with Gasteiger partial charge in [0.15, 0.2) is 0 Å². The van der Waals surface area contributed by atoms with E-state index in [1.807, 2.05) is 19.1 Å². The fourth-order valence-corrected chi connectivity index (χ4v) is 2.72. The molecular weight excluding hydrogens is 279 g/mol. The quantitative estimate of drug-likeness (QED) is 0.928. The van der Waals surface area contributed by atoms with Crippen LogP contribution in [0.25, 0.3) is 0 Å². The predicted octanol–water partition coefficient (Wildman–Crippen LogP) is 2.66. The summed E-state index contributed by atoms with van der Waals surface area (Å²) in [7, 11) is 0. The topological polar surface area (TPSA) is 46.3 Å². The van der Waals surface area contributed by atoms with Gasteiger partial charge in [-0.25, -0.2) is 0 Å². The normalized spacial score (nSPS) is 16.2. The summed E-state index contributed by atoms with van der Waals surface area (Å²) >= 11 is 7.37. The van der Waals surface area contributed by atoms with Gasteiger partial charge in [-0.2, -0.15) is 0 Å². The van der Waals surface area contributed by atoms with E-state index in [2.05, 4.69) is 0 Å². The summed E-state index contributed by atoms with van der Waals surface area (Å²) in [6.45, 7) is 3.28. The fourth-order valence-electron chi connectivity index (χ4n) is 1.62. The van der Waals surface area contributed by atoms with Gasteiger partial charge in [0.2, 0.25) is 5.91 Å². The molecule has 1 aromatic rings. The van der Waals surface area contributed by atoms with Crippen molar-refractivity contribution in [1.82, 2.24) is 4.90 Å². The smallest absolute Gasteiger partial charge is 0.242 e. The SMILES string of the molecule is CCN(Cc1ccc(Cl)s1)C(=O)C1(N)CC1.Cl. The highest BCUT2D eigenvalue weighted by molar-refractivity contribution is 7.16. The van der Waals surface area contributed by atoms with Crippen LogP contribution in [-0.2, 0) is 11.3 Å². The van der Waals surface area contributed by atoms with Crippen LogP contribution in [0.15, 0.2) is 12.1 Å². The van der Waals surface area contributed by atoms with Crippen molar-refractivity contribution in [2.24, 2.45) is 5.73 Å². The molecule has 1 saturated carbocycles. The Labute approximate surface area is 116 Å². The molecule has 2 N–H and O–H groups in total. The first-order valence-corrected chi connectivity index (χ1v) is 6.57. The molecule has 17 heavy (non-hydrogen) atoms. The van der Waals surface area contributed by atoms with Crippen LogP contribution in [0.2, 0.25) is 4.34 Å². The van der Waals surface area contributed by atoms with Crippen molar-refractivity contribution >= 4 is 41.3 Å². The van der Waals surface area contributed by atoms with Gasteiger partial charge in [0, 0.05) is 11.4 Å². The molecule has 0 aromatic carbocycles. The predicted molar refractivity (Wildman–Crippen MR) is 73.8 cm³/mol. The molecular formula is C11H16Cl2N2OS. The number of carbonyl (C=O) groups is 1. The van der Waals surface area contributed by atoms with E-state index >= 15 is 0 Å². The summed E-state index contributed by atoms with van der Waals surface area (Å²) in [5.41, 5.74) is 5.34. The van der Waals surface area contributed by atoms with E-state index < -0.39 is 5.54 Å². The molecule has 1 aliphatic carbocycles. The zero-order valence-electron chi connectivity index (χ0n) is 9.61. The second-order valence-electron chi connectivity index (χ2n) is 4.18. The Morgan fingerprint density at radius 1 is 1.59 bits per heavy atom. The largest absolute Gasteiger partial charge is 0.336 e. The van der Waals surface area contributed by atoms with E-state index in [9.17, 15) is 4.79 Å². The molecule has 1 heterocycles. The van der Waals surface area contributed by atoms with E-state index in [4.69, 9.17) is 17.3 Å². The molecule has 6 heteroatoms. The molecule has 0 unspecified atom stereocenters. The molecule has 2 rings (SSSR count). The third-order valence-corrected chi connectivity index (χ3v) is 4.07. The van der Waals surface area contributed by atoms with Gasteiger partial charge < -0.3 is 10.6 Å². The van der Waals surface area contributed by atoms with Crippen molar-refractivity contribution in [2.75, 3.05) is 6.54 Å². The van der Waals surface area contributed by atoms with Crippen molar-refractivity contribution in [2.45, 2.75) is 31.8 Å². The van der Waals surface area contributed by atoms with Crippen molar-refractivity contribution in [1.29, 1.82) is 0 Å². The molecule has 0 saturated heterocycles. The van der Waals surface area contributed by atoms with E-state index in [0.29, 0.717) is 13.1 Å². The number of nitrogens with two attached hydrogens (primary N) is 1. The maximum Gasteiger partial charge on any atom is 0.242 e. The highest BCUT2D eigenvalue weighted by atomic mass is 35.5. The van der Waals surface area contributed by atoms with Crippen LogP contribution in [0, 0.1) is 0 Å². The van der Waals surface area contributed by atoms with Crippen LogP contribution >= 0.6 is 35.3 Å². The summed E-state index contributed by atoms with van der Waals surface area (Å²) in [6.07, 6.45) is 1.63. The number of halogens is 2. The average Bonchev–Trinajstić information content (AvgIpc) is 2.88. The van der Waals surface area contributed by atoms with Gasteiger partial charge in [-0.05, 0) is 31.9 Å². The second kappa shape index (κ2) is 5.57. The Morgan fingerprint density at radius 2 is 2.24 bits per heavy atom. The number of hydrogen-bond donors (Lipinski definition) is 1. The van der Waals surface area contributed by atoms with Gasteiger partial charge in [0.25, 0.3) is 0 Å². The highest BCUT2D eigenvalue weighted by Crippen LogP contribution is 2.34. The van der Waals surface area contributed by atoms with E-state index in [1.54, 1.807) is 4.90 Å². The lowest BCUT2D eigenvalue weighted by Crippen LogP contribution is -2.45. The van der Waals surface area contributed by atoms with Crippen LogP contribution < -0.4 is 5.73 Å². The Morgan fingerprint density at radius 3 is 2.65 bits per heavy atom. The minimum Gasteiger partial charge on any atom is -0.336 e. The number of rotatable bonds is 4. The van der Waals surface area contributed by atoms with E-state index in [1.165, 1.54) is 11.3 Å². The van der Waals surface area contributed by atoms with Crippen LogP contribution in [0.5, 0.6) is 0 Å². The Hall–Kier alpha value is -0.290. The minimum absolute atomic E-state index is 0. The first-order chi connectivity index (χ1) is 7.55. The zero-order valence-corrected chi connectivity index (χ0v) is 12.0. The maximum absolute atomic E-state index is 12.0. The van der Waals surface area contributed by atoms with Gasteiger partial charge in [-0.3, -0.25) is 4.79 Å². The van der Waals surface area contributed by atoms with Crippen LogP contribution in [-0.4, -0.2) is 22.9 Å². The van der Waals surface area contributed by atoms with Gasteiger partial charge in [0.05, 0.1) is 16.4 Å². The number of nitrogens with zero attached hydrogens (tertiary/aromatic N) is 1. The number of carbonyl (C=O) groups excluding carboxylic acids is 1. The first kappa shape index (κ1) is 14.8. The fraction of sp³-hybridized carbons (Fsp3) is 0.545. The molecule has 0 bridgehead atoms. The maximum atomic E-state index is 12.0. The minimum atomic E-state index is -0.572.